The van der Waals surface area contributed by atoms with Crippen LogP contribution in [0.25, 0.3) is 11.2 Å². The molecular formula is C21H20N4O5. The Morgan fingerprint density at radius 3 is 2.70 bits per heavy atom. The van der Waals surface area contributed by atoms with Crippen molar-refractivity contribution in [3.05, 3.63) is 56.5 Å². The third-order valence-electron chi connectivity index (χ3n) is 4.48. The monoisotopic (exact) mass is 408 g/mol. The largest absolute Gasteiger partial charge is 0.497 e. The highest BCUT2D eigenvalue weighted by Crippen LogP contribution is 2.13. The van der Waals surface area contributed by atoms with Gasteiger partial charge in [0.15, 0.2) is 17.0 Å². The van der Waals surface area contributed by atoms with Crippen molar-refractivity contribution in [3.63, 3.8) is 0 Å². The van der Waals surface area contributed by atoms with Crippen molar-refractivity contribution < 1.29 is 14.9 Å². The van der Waals surface area contributed by atoms with Gasteiger partial charge in [-0.05, 0) is 24.1 Å². The molecule has 0 radical (unpaired) electrons. The molecule has 0 spiro atoms. The normalized spacial score (nSPS) is 11.6. The average Bonchev–Trinajstić information content (AvgIpc) is 3.08. The van der Waals surface area contributed by atoms with Gasteiger partial charge in [-0.3, -0.25) is 9.36 Å². The van der Waals surface area contributed by atoms with E-state index in [1.165, 1.54) is 4.57 Å². The number of hydrogen-bond acceptors (Lipinski definition) is 6. The Labute approximate surface area is 171 Å². The number of rotatable bonds is 5. The second-order valence-corrected chi connectivity index (χ2v) is 6.47. The number of imidazole rings is 1. The molecule has 2 N–H and O–H groups in total. The third-order valence-corrected chi connectivity index (χ3v) is 4.48. The first kappa shape index (κ1) is 20.9. The Morgan fingerprint density at radius 1 is 1.27 bits per heavy atom. The second kappa shape index (κ2) is 8.70. The number of aromatic nitrogens is 4. The topological polar surface area (TPSA) is 112 Å². The minimum Gasteiger partial charge on any atom is -0.497 e. The van der Waals surface area contributed by atoms with Crippen LogP contribution in [0.15, 0.2) is 33.9 Å². The van der Waals surface area contributed by atoms with Gasteiger partial charge in [-0.2, -0.15) is 0 Å². The van der Waals surface area contributed by atoms with E-state index in [0.717, 1.165) is 9.13 Å². The Kier molecular flexibility index (Phi) is 6.07. The predicted octanol–water partition coefficient (Wildman–Crippen LogP) is -0.708. The van der Waals surface area contributed by atoms with Crippen LogP contribution in [0.4, 0.5) is 0 Å². The van der Waals surface area contributed by atoms with Crippen LogP contribution < -0.4 is 16.0 Å². The zero-order chi connectivity index (χ0) is 21.8. The highest BCUT2D eigenvalue weighted by Gasteiger charge is 2.20. The number of methoxy groups -OCH3 is 1. The van der Waals surface area contributed by atoms with Crippen molar-refractivity contribution in [1.82, 2.24) is 18.7 Å². The van der Waals surface area contributed by atoms with Gasteiger partial charge < -0.3 is 19.5 Å². The van der Waals surface area contributed by atoms with Crippen LogP contribution in [-0.2, 0) is 20.1 Å². The lowest BCUT2D eigenvalue weighted by molar-refractivity contribution is 0.0806. The number of aliphatic hydroxyl groups excluding tert-OH is 2. The summed E-state index contributed by atoms with van der Waals surface area (Å²) >= 11 is 0. The predicted molar refractivity (Wildman–Crippen MR) is 110 cm³/mol. The maximum absolute atomic E-state index is 12.9. The molecule has 1 aromatic carbocycles. The molecule has 3 rings (SSSR count). The first-order valence-corrected chi connectivity index (χ1v) is 8.99. The first-order chi connectivity index (χ1) is 14.4. The quantitative estimate of drug-likeness (QED) is 0.540. The fourth-order valence-electron chi connectivity index (χ4n) is 2.97. The summed E-state index contributed by atoms with van der Waals surface area (Å²) in [7, 11) is 3.16. The summed E-state index contributed by atoms with van der Waals surface area (Å²) in [6.07, 6.45) is 4.08. The average molecular weight is 408 g/mol. The molecule has 0 aliphatic rings. The van der Waals surface area contributed by atoms with Gasteiger partial charge in [0.1, 0.15) is 5.75 Å². The van der Waals surface area contributed by atoms with Crippen molar-refractivity contribution in [3.8, 4) is 29.9 Å². The van der Waals surface area contributed by atoms with Gasteiger partial charge in [-0.1, -0.05) is 17.9 Å². The molecule has 9 nitrogen and oxygen atoms in total. The number of terminal acetylenes is 1. The van der Waals surface area contributed by atoms with E-state index in [1.807, 2.05) is 0 Å². The van der Waals surface area contributed by atoms with Crippen LogP contribution in [0.1, 0.15) is 11.4 Å². The summed E-state index contributed by atoms with van der Waals surface area (Å²) < 4.78 is 8.65. The highest BCUT2D eigenvalue weighted by atomic mass is 16.5. The van der Waals surface area contributed by atoms with Crippen LogP contribution in [0.2, 0.25) is 0 Å². The lowest BCUT2D eigenvalue weighted by atomic mass is 10.2. The number of benzene rings is 1. The SMILES string of the molecule is C#CCn1c(=O)c2c(nc(C#Cc3cccc(OC)c3)n2C)n(C[C@@H](O)CO)c1=O. The minimum absolute atomic E-state index is 0.0585. The molecule has 0 saturated carbocycles. The highest BCUT2D eigenvalue weighted by molar-refractivity contribution is 5.72. The third kappa shape index (κ3) is 3.85. The summed E-state index contributed by atoms with van der Waals surface area (Å²) in [5.74, 6) is 9.02. The number of aryl methyl sites for hydroxylation is 1. The Hall–Kier alpha value is -3.79. The molecule has 0 aliphatic carbocycles. The molecule has 30 heavy (non-hydrogen) atoms. The van der Waals surface area contributed by atoms with Crippen LogP contribution in [0.3, 0.4) is 0 Å². The lowest BCUT2D eigenvalue weighted by Gasteiger charge is -2.12. The summed E-state index contributed by atoms with van der Waals surface area (Å²) in [6.45, 7) is -1.05. The van der Waals surface area contributed by atoms with E-state index >= 15 is 0 Å². The molecule has 9 heteroatoms. The molecule has 154 valence electrons. The second-order valence-electron chi connectivity index (χ2n) is 6.47. The fourth-order valence-corrected chi connectivity index (χ4v) is 2.97. The maximum Gasteiger partial charge on any atom is 0.333 e. The van der Waals surface area contributed by atoms with Gasteiger partial charge in [-0.25, -0.2) is 14.3 Å². The Balaban J connectivity index is 2.23. The number of ether oxygens (including phenoxy) is 1. The molecule has 0 bridgehead atoms. The van der Waals surface area contributed by atoms with Crippen molar-refractivity contribution in [2.45, 2.75) is 19.2 Å². The van der Waals surface area contributed by atoms with Crippen LogP contribution in [0, 0.1) is 24.2 Å². The van der Waals surface area contributed by atoms with E-state index in [4.69, 9.17) is 11.2 Å². The number of hydrogen-bond donors (Lipinski definition) is 2. The molecule has 2 heterocycles. The summed E-state index contributed by atoms with van der Waals surface area (Å²) in [5.41, 5.74) is -0.470. The van der Waals surface area contributed by atoms with Gasteiger partial charge >= 0.3 is 5.69 Å². The molecular weight excluding hydrogens is 388 g/mol. The standard InChI is InChI=1S/C21H20N4O5/c1-4-10-24-20(28)18-19(25(21(24)29)12-15(27)13-26)22-17(23(18)2)9-8-14-6-5-7-16(11-14)30-3/h1,5-7,11,15,26-27H,10,12-13H2,2-3H3/t15-/m1/s1. The number of aliphatic hydroxyl groups is 2. The van der Waals surface area contributed by atoms with Gasteiger partial charge in [0, 0.05) is 12.6 Å². The van der Waals surface area contributed by atoms with Gasteiger partial charge in [0.2, 0.25) is 0 Å². The molecule has 1 atom stereocenters. The molecule has 0 aliphatic heterocycles. The maximum atomic E-state index is 12.9. The Bertz CT molecular complexity index is 1310. The van der Waals surface area contributed by atoms with E-state index in [0.29, 0.717) is 11.3 Å². The lowest BCUT2D eigenvalue weighted by Crippen LogP contribution is -2.42. The fraction of sp³-hybridized carbons (Fsp3) is 0.286. The van der Waals surface area contributed by atoms with Crippen LogP contribution >= 0.6 is 0 Å². The zero-order valence-corrected chi connectivity index (χ0v) is 16.5. The number of fused-ring (bicyclic) bond motifs is 1. The molecule has 0 amide bonds. The molecule has 2 aromatic heterocycles. The number of nitrogens with zero attached hydrogens (tertiary/aromatic N) is 4. The van der Waals surface area contributed by atoms with Crippen molar-refractivity contribution >= 4 is 11.2 Å². The van der Waals surface area contributed by atoms with Gasteiger partial charge in [-0.15, -0.1) is 6.42 Å². The molecule has 0 unspecified atom stereocenters. The van der Waals surface area contributed by atoms with E-state index in [2.05, 4.69) is 22.7 Å². The zero-order valence-electron chi connectivity index (χ0n) is 16.5. The van der Waals surface area contributed by atoms with Gasteiger partial charge in [0.05, 0.1) is 32.9 Å². The summed E-state index contributed by atoms with van der Waals surface area (Å²) in [5, 5.41) is 19.0. The summed E-state index contributed by atoms with van der Waals surface area (Å²) in [4.78, 5) is 30.0. The van der Waals surface area contributed by atoms with E-state index < -0.39 is 24.0 Å². The minimum atomic E-state index is -1.21. The molecule has 0 saturated heterocycles. The van der Waals surface area contributed by atoms with Crippen LogP contribution in [-0.4, -0.2) is 48.7 Å². The molecule has 3 aromatic rings. The van der Waals surface area contributed by atoms with Gasteiger partial charge in [0.25, 0.3) is 5.56 Å². The van der Waals surface area contributed by atoms with Crippen molar-refractivity contribution in [2.75, 3.05) is 13.7 Å². The van der Waals surface area contributed by atoms with Crippen molar-refractivity contribution in [1.29, 1.82) is 0 Å². The Morgan fingerprint density at radius 2 is 2.03 bits per heavy atom. The first-order valence-electron chi connectivity index (χ1n) is 8.99. The van der Waals surface area contributed by atoms with Crippen LogP contribution in [0.5, 0.6) is 5.75 Å². The molecule has 0 fully saturated rings. The van der Waals surface area contributed by atoms with E-state index in [1.54, 1.807) is 38.4 Å². The van der Waals surface area contributed by atoms with E-state index in [9.17, 15) is 19.8 Å². The van der Waals surface area contributed by atoms with E-state index in [-0.39, 0.29) is 30.1 Å². The summed E-state index contributed by atoms with van der Waals surface area (Å²) in [6, 6.07) is 7.14. The smallest absolute Gasteiger partial charge is 0.333 e. The van der Waals surface area contributed by atoms with Crippen molar-refractivity contribution in [2.24, 2.45) is 7.05 Å².